The van der Waals surface area contributed by atoms with Crippen LogP contribution in [0.25, 0.3) is 0 Å². The molecule has 1 saturated carbocycles. The zero-order valence-corrected chi connectivity index (χ0v) is 11.8. The molecule has 3 atom stereocenters. The van der Waals surface area contributed by atoms with Crippen LogP contribution >= 0.6 is 0 Å². The highest BCUT2D eigenvalue weighted by molar-refractivity contribution is 5.97. The predicted octanol–water partition coefficient (Wildman–Crippen LogP) is 3.67. The van der Waals surface area contributed by atoms with Crippen molar-refractivity contribution in [3.05, 3.63) is 36.1 Å². The number of rotatable bonds is 5. The molecule has 1 amide bonds. The smallest absolute Gasteiger partial charge is 0.253 e. The molecule has 0 radical (unpaired) electrons. The highest BCUT2D eigenvalue weighted by atomic mass is 16.2. The fourth-order valence-electron chi connectivity index (χ4n) is 3.88. The van der Waals surface area contributed by atoms with Crippen LogP contribution in [0.4, 0.5) is 0 Å². The van der Waals surface area contributed by atoms with Crippen molar-refractivity contribution >= 4 is 5.91 Å². The summed E-state index contributed by atoms with van der Waals surface area (Å²) in [6.07, 6.45) is 13.2. The van der Waals surface area contributed by atoms with Gasteiger partial charge in [0.05, 0.1) is 0 Å². The van der Waals surface area contributed by atoms with Gasteiger partial charge in [-0.05, 0) is 56.4 Å². The summed E-state index contributed by atoms with van der Waals surface area (Å²) in [7, 11) is 0. The average Bonchev–Trinajstić information content (AvgIpc) is 3.04. The van der Waals surface area contributed by atoms with Crippen molar-refractivity contribution in [2.45, 2.75) is 39.0 Å². The van der Waals surface area contributed by atoms with Gasteiger partial charge in [-0.2, -0.15) is 0 Å². The van der Waals surface area contributed by atoms with Crippen molar-refractivity contribution < 1.29 is 4.79 Å². The average molecular weight is 257 g/mol. The third-order valence-electron chi connectivity index (χ3n) is 4.94. The van der Waals surface area contributed by atoms with E-state index in [1.54, 1.807) is 0 Å². The van der Waals surface area contributed by atoms with E-state index < -0.39 is 0 Å². The predicted molar refractivity (Wildman–Crippen MR) is 77.3 cm³/mol. The summed E-state index contributed by atoms with van der Waals surface area (Å²) in [6, 6.07) is 0. The molecule has 1 fully saturated rings. The topological polar surface area (TPSA) is 20.3 Å². The Morgan fingerprint density at radius 1 is 1.32 bits per heavy atom. The van der Waals surface area contributed by atoms with E-state index in [-0.39, 0.29) is 5.91 Å². The molecule has 1 heterocycles. The first-order chi connectivity index (χ1) is 9.15. The van der Waals surface area contributed by atoms with Crippen LogP contribution in [0.2, 0.25) is 0 Å². The third-order valence-corrected chi connectivity index (χ3v) is 4.94. The van der Waals surface area contributed by atoms with Crippen LogP contribution in [-0.2, 0) is 4.79 Å². The Morgan fingerprint density at radius 3 is 2.74 bits per heavy atom. The normalized spacial score (nSPS) is 32.6. The van der Waals surface area contributed by atoms with Gasteiger partial charge >= 0.3 is 0 Å². The second-order valence-corrected chi connectivity index (χ2v) is 6.31. The number of hydrogen-bond donors (Lipinski definition) is 0. The van der Waals surface area contributed by atoms with Gasteiger partial charge in [-0.25, -0.2) is 0 Å². The number of nitrogens with zero attached hydrogens (tertiary/aromatic N) is 1. The maximum absolute atomic E-state index is 11.9. The minimum Gasteiger partial charge on any atom is -0.309 e. The highest BCUT2D eigenvalue weighted by Crippen LogP contribution is 2.45. The molecule has 1 aliphatic heterocycles. The van der Waals surface area contributed by atoms with Gasteiger partial charge in [0.25, 0.3) is 5.91 Å². The summed E-state index contributed by atoms with van der Waals surface area (Å²) in [5.74, 6) is 2.79. The molecular formula is C17H23NO. The van der Waals surface area contributed by atoms with Crippen LogP contribution in [0.15, 0.2) is 36.1 Å². The molecule has 0 saturated heterocycles. The van der Waals surface area contributed by atoms with E-state index in [2.05, 4.69) is 18.7 Å². The molecule has 2 heteroatoms. The minimum atomic E-state index is 0.146. The van der Waals surface area contributed by atoms with E-state index >= 15 is 0 Å². The van der Waals surface area contributed by atoms with Crippen LogP contribution in [0.1, 0.15) is 39.0 Å². The van der Waals surface area contributed by atoms with E-state index in [0.29, 0.717) is 0 Å². The molecule has 0 spiro atoms. The standard InChI is InChI=1S/C17H23NO/c1-12-9-13(2)18(17(12)19)8-4-3-5-15-10-14-6-7-16(15)11-14/h6-7,9,14-16H,2-5,8,10-11H2,1H3. The number of allylic oxidation sites excluding steroid dienone is 3. The van der Waals surface area contributed by atoms with Crippen LogP contribution in [0, 0.1) is 17.8 Å². The molecule has 0 aromatic carbocycles. The number of amides is 1. The largest absolute Gasteiger partial charge is 0.309 e. The first kappa shape index (κ1) is 12.7. The molecule has 102 valence electrons. The lowest BCUT2D eigenvalue weighted by Gasteiger charge is -2.20. The first-order valence-electron chi connectivity index (χ1n) is 7.52. The highest BCUT2D eigenvalue weighted by Gasteiger charge is 2.34. The lowest BCUT2D eigenvalue weighted by molar-refractivity contribution is -0.124. The van der Waals surface area contributed by atoms with Gasteiger partial charge in [-0.15, -0.1) is 0 Å². The number of carbonyl (C=O) groups is 1. The monoisotopic (exact) mass is 257 g/mol. The van der Waals surface area contributed by atoms with Crippen LogP contribution in [0.3, 0.4) is 0 Å². The van der Waals surface area contributed by atoms with Crippen LogP contribution < -0.4 is 0 Å². The summed E-state index contributed by atoms with van der Waals surface area (Å²) in [5, 5.41) is 0. The Balaban J connectivity index is 1.39. The van der Waals surface area contributed by atoms with Crippen molar-refractivity contribution in [3.63, 3.8) is 0 Å². The van der Waals surface area contributed by atoms with Gasteiger partial charge in [0.2, 0.25) is 0 Å². The van der Waals surface area contributed by atoms with Gasteiger partial charge < -0.3 is 4.90 Å². The third kappa shape index (κ3) is 2.41. The van der Waals surface area contributed by atoms with E-state index in [4.69, 9.17) is 0 Å². The zero-order valence-electron chi connectivity index (χ0n) is 11.8. The first-order valence-corrected chi connectivity index (χ1v) is 7.52. The molecule has 3 aliphatic rings. The van der Waals surface area contributed by atoms with E-state index in [1.807, 2.05) is 17.9 Å². The summed E-state index contributed by atoms with van der Waals surface area (Å²) < 4.78 is 0. The Hall–Kier alpha value is -1.31. The zero-order chi connectivity index (χ0) is 13.4. The molecule has 3 unspecified atom stereocenters. The van der Waals surface area contributed by atoms with Crippen molar-refractivity contribution in [2.24, 2.45) is 17.8 Å². The number of fused-ring (bicyclic) bond motifs is 2. The van der Waals surface area contributed by atoms with Gasteiger partial charge in [-0.3, -0.25) is 4.79 Å². The van der Waals surface area contributed by atoms with Crippen LogP contribution in [0.5, 0.6) is 0 Å². The number of hydrogen-bond acceptors (Lipinski definition) is 1. The molecule has 19 heavy (non-hydrogen) atoms. The lowest BCUT2D eigenvalue weighted by atomic mass is 9.89. The van der Waals surface area contributed by atoms with Gasteiger partial charge in [0.15, 0.2) is 0 Å². The van der Waals surface area contributed by atoms with Gasteiger partial charge in [0, 0.05) is 17.8 Å². The van der Waals surface area contributed by atoms with Crippen molar-refractivity contribution in [3.8, 4) is 0 Å². The SMILES string of the molecule is C=C1C=C(C)C(=O)N1CCCCC1CC2C=CC1C2. The molecule has 2 nitrogen and oxygen atoms in total. The van der Waals surface area contributed by atoms with E-state index in [9.17, 15) is 4.79 Å². The molecule has 2 aliphatic carbocycles. The Bertz CT molecular complexity index is 460. The Morgan fingerprint density at radius 2 is 2.16 bits per heavy atom. The summed E-state index contributed by atoms with van der Waals surface area (Å²) in [6.45, 7) is 6.65. The summed E-state index contributed by atoms with van der Waals surface area (Å²) in [4.78, 5) is 13.7. The second-order valence-electron chi connectivity index (χ2n) is 6.31. The summed E-state index contributed by atoms with van der Waals surface area (Å²) >= 11 is 0. The number of carbonyl (C=O) groups excluding carboxylic acids is 1. The number of unbranched alkanes of at least 4 members (excludes halogenated alkanes) is 1. The van der Waals surface area contributed by atoms with Gasteiger partial charge in [-0.1, -0.05) is 25.2 Å². The molecular weight excluding hydrogens is 234 g/mol. The Labute approximate surface area is 115 Å². The fraction of sp³-hybridized carbons (Fsp3) is 0.588. The molecule has 0 N–H and O–H groups in total. The molecule has 2 bridgehead atoms. The quantitative estimate of drug-likeness (QED) is 0.543. The van der Waals surface area contributed by atoms with Crippen molar-refractivity contribution in [2.75, 3.05) is 6.54 Å². The van der Waals surface area contributed by atoms with Gasteiger partial charge in [0.1, 0.15) is 0 Å². The van der Waals surface area contributed by atoms with E-state index in [1.165, 1.54) is 25.7 Å². The van der Waals surface area contributed by atoms with Crippen molar-refractivity contribution in [1.82, 2.24) is 4.90 Å². The minimum absolute atomic E-state index is 0.146. The fourth-order valence-corrected chi connectivity index (χ4v) is 3.88. The van der Waals surface area contributed by atoms with E-state index in [0.717, 1.165) is 42.0 Å². The lowest BCUT2D eigenvalue weighted by Crippen LogP contribution is -2.26. The van der Waals surface area contributed by atoms with Crippen LogP contribution in [-0.4, -0.2) is 17.4 Å². The Kier molecular flexibility index (Phi) is 3.34. The van der Waals surface area contributed by atoms with Crippen molar-refractivity contribution in [1.29, 1.82) is 0 Å². The molecule has 3 rings (SSSR count). The second kappa shape index (κ2) is 4.99. The maximum atomic E-state index is 11.9. The molecule has 0 aromatic heterocycles. The molecule has 0 aromatic rings. The maximum Gasteiger partial charge on any atom is 0.253 e. The summed E-state index contributed by atoms with van der Waals surface area (Å²) in [5.41, 5.74) is 1.69.